The van der Waals surface area contributed by atoms with Gasteiger partial charge in [-0.25, -0.2) is 0 Å². The number of carbonyl (C=O) groups excluding carboxylic acids is 1. The lowest BCUT2D eigenvalue weighted by Crippen LogP contribution is -2.28. The molecule has 0 aromatic carbocycles. The third-order valence-corrected chi connectivity index (χ3v) is 1.77. The number of halogens is 1. The molecule has 0 aliphatic rings. The SMILES string of the molecule is CSCC(=O)NCCOCCCl. The van der Waals surface area contributed by atoms with E-state index < -0.39 is 0 Å². The van der Waals surface area contributed by atoms with E-state index in [1.165, 1.54) is 11.8 Å². The summed E-state index contributed by atoms with van der Waals surface area (Å²) >= 11 is 6.88. The van der Waals surface area contributed by atoms with Crippen LogP contribution < -0.4 is 5.32 Å². The lowest BCUT2D eigenvalue weighted by atomic mass is 10.6. The lowest BCUT2D eigenvalue weighted by molar-refractivity contribution is -0.118. The summed E-state index contributed by atoms with van der Waals surface area (Å²) in [5, 5.41) is 2.71. The number of hydrogen-bond donors (Lipinski definition) is 1. The molecule has 0 rings (SSSR count). The molecule has 72 valence electrons. The normalized spacial score (nSPS) is 9.83. The lowest BCUT2D eigenvalue weighted by Gasteiger charge is -2.03. The van der Waals surface area contributed by atoms with Gasteiger partial charge in [-0.1, -0.05) is 0 Å². The fourth-order valence-electron chi connectivity index (χ4n) is 0.601. The van der Waals surface area contributed by atoms with Crippen LogP contribution in [-0.2, 0) is 9.53 Å². The third-order valence-electron chi connectivity index (χ3n) is 1.07. The molecule has 1 amide bonds. The van der Waals surface area contributed by atoms with Crippen molar-refractivity contribution in [2.45, 2.75) is 0 Å². The summed E-state index contributed by atoms with van der Waals surface area (Å²) in [5.41, 5.74) is 0. The van der Waals surface area contributed by atoms with Crippen molar-refractivity contribution >= 4 is 29.3 Å². The first-order valence-corrected chi connectivity index (χ1v) is 5.63. The summed E-state index contributed by atoms with van der Waals surface area (Å²) in [6.45, 7) is 1.64. The minimum absolute atomic E-state index is 0.0528. The average molecular weight is 212 g/mol. The molecule has 0 radical (unpaired) electrons. The predicted octanol–water partition coefficient (Wildman–Crippen LogP) is 0.721. The van der Waals surface area contributed by atoms with Gasteiger partial charge in [-0.3, -0.25) is 4.79 Å². The largest absolute Gasteiger partial charge is 0.378 e. The summed E-state index contributed by atoms with van der Waals surface area (Å²) in [6, 6.07) is 0. The molecule has 0 atom stereocenters. The molecule has 12 heavy (non-hydrogen) atoms. The number of nitrogens with one attached hydrogen (secondary N) is 1. The molecule has 5 heteroatoms. The molecule has 0 bridgehead atoms. The molecular weight excluding hydrogens is 198 g/mol. The van der Waals surface area contributed by atoms with Crippen molar-refractivity contribution < 1.29 is 9.53 Å². The first-order chi connectivity index (χ1) is 5.81. The molecule has 3 nitrogen and oxygen atoms in total. The number of rotatable bonds is 7. The Morgan fingerprint density at radius 3 is 2.92 bits per heavy atom. The second-order valence-corrected chi connectivity index (χ2v) is 3.33. The van der Waals surface area contributed by atoms with E-state index in [1.807, 2.05) is 6.26 Å². The van der Waals surface area contributed by atoms with Gasteiger partial charge in [-0.15, -0.1) is 11.6 Å². The van der Waals surface area contributed by atoms with Crippen LogP contribution in [0.1, 0.15) is 0 Å². The van der Waals surface area contributed by atoms with Crippen molar-refractivity contribution in [2.24, 2.45) is 0 Å². The molecule has 0 aliphatic heterocycles. The van der Waals surface area contributed by atoms with Gasteiger partial charge in [0.05, 0.1) is 19.0 Å². The topological polar surface area (TPSA) is 38.3 Å². The highest BCUT2D eigenvalue weighted by Crippen LogP contribution is 1.88. The molecule has 0 heterocycles. The molecule has 0 saturated carbocycles. The average Bonchev–Trinajstić information content (AvgIpc) is 2.05. The quantitative estimate of drug-likeness (QED) is 0.498. The Kier molecular flexibility index (Phi) is 9.21. The maximum absolute atomic E-state index is 10.9. The molecule has 1 N–H and O–H groups in total. The Hall–Kier alpha value is 0.0700. The molecule has 0 unspecified atom stereocenters. The van der Waals surface area contributed by atoms with E-state index in [0.717, 1.165) is 0 Å². The van der Waals surface area contributed by atoms with Crippen LogP contribution in [0.25, 0.3) is 0 Å². The van der Waals surface area contributed by atoms with Crippen LogP contribution in [0.4, 0.5) is 0 Å². The van der Waals surface area contributed by atoms with Gasteiger partial charge in [-0.05, 0) is 6.26 Å². The maximum Gasteiger partial charge on any atom is 0.230 e. The van der Waals surface area contributed by atoms with E-state index in [0.29, 0.717) is 31.4 Å². The molecule has 0 saturated heterocycles. The standard InChI is InChI=1S/C7H14ClNO2S/c1-12-6-7(10)9-3-5-11-4-2-8/h2-6H2,1H3,(H,9,10). The highest BCUT2D eigenvalue weighted by atomic mass is 35.5. The first kappa shape index (κ1) is 12.1. The summed E-state index contributed by atoms with van der Waals surface area (Å²) < 4.78 is 5.06. The van der Waals surface area contributed by atoms with Gasteiger partial charge in [0.15, 0.2) is 0 Å². The molecular formula is C7H14ClNO2S. The molecule has 0 aromatic heterocycles. The van der Waals surface area contributed by atoms with Crippen LogP contribution in [0.3, 0.4) is 0 Å². The van der Waals surface area contributed by atoms with E-state index >= 15 is 0 Å². The van der Waals surface area contributed by atoms with Crippen molar-refractivity contribution in [1.29, 1.82) is 0 Å². The first-order valence-electron chi connectivity index (χ1n) is 3.70. The Labute approximate surface area is 82.2 Å². The highest BCUT2D eigenvalue weighted by Gasteiger charge is 1.96. The minimum Gasteiger partial charge on any atom is -0.378 e. The monoisotopic (exact) mass is 211 g/mol. The van der Waals surface area contributed by atoms with Crippen LogP contribution in [-0.4, -0.2) is 43.6 Å². The zero-order valence-corrected chi connectivity index (χ0v) is 8.71. The molecule has 0 aliphatic carbocycles. The van der Waals surface area contributed by atoms with Gasteiger partial charge < -0.3 is 10.1 Å². The number of alkyl halides is 1. The zero-order chi connectivity index (χ0) is 9.23. The van der Waals surface area contributed by atoms with Crippen molar-refractivity contribution in [3.8, 4) is 0 Å². The van der Waals surface area contributed by atoms with Gasteiger partial charge in [0.1, 0.15) is 0 Å². The van der Waals surface area contributed by atoms with Crippen molar-refractivity contribution in [3.63, 3.8) is 0 Å². The summed E-state index contributed by atoms with van der Waals surface area (Å²) in [5.74, 6) is 1.06. The fraction of sp³-hybridized carbons (Fsp3) is 0.857. The maximum atomic E-state index is 10.9. The minimum atomic E-state index is 0.0528. The predicted molar refractivity (Wildman–Crippen MR) is 52.9 cm³/mol. The second kappa shape index (κ2) is 9.16. The van der Waals surface area contributed by atoms with Crippen molar-refractivity contribution in [2.75, 3.05) is 37.6 Å². The van der Waals surface area contributed by atoms with Crippen LogP contribution in [0, 0.1) is 0 Å². The van der Waals surface area contributed by atoms with Crippen LogP contribution in [0.15, 0.2) is 0 Å². The van der Waals surface area contributed by atoms with Crippen LogP contribution in [0.5, 0.6) is 0 Å². The van der Waals surface area contributed by atoms with Gasteiger partial charge >= 0.3 is 0 Å². The van der Waals surface area contributed by atoms with Gasteiger partial charge in [0, 0.05) is 12.4 Å². The Morgan fingerprint density at radius 1 is 1.58 bits per heavy atom. The number of amides is 1. The fourth-order valence-corrected chi connectivity index (χ4v) is 1.07. The van der Waals surface area contributed by atoms with Crippen molar-refractivity contribution in [1.82, 2.24) is 5.32 Å². The van der Waals surface area contributed by atoms with E-state index in [2.05, 4.69) is 5.32 Å². The number of ether oxygens (including phenoxy) is 1. The molecule has 0 fully saturated rings. The van der Waals surface area contributed by atoms with Crippen LogP contribution in [0.2, 0.25) is 0 Å². The van der Waals surface area contributed by atoms with Gasteiger partial charge in [-0.2, -0.15) is 11.8 Å². The summed E-state index contributed by atoms with van der Waals surface area (Å²) in [4.78, 5) is 10.9. The summed E-state index contributed by atoms with van der Waals surface area (Å²) in [6.07, 6.45) is 1.89. The summed E-state index contributed by atoms with van der Waals surface area (Å²) in [7, 11) is 0. The number of carbonyl (C=O) groups is 1. The molecule has 0 spiro atoms. The van der Waals surface area contributed by atoms with E-state index in [-0.39, 0.29) is 5.91 Å². The van der Waals surface area contributed by atoms with E-state index in [9.17, 15) is 4.79 Å². The third kappa shape index (κ3) is 8.17. The van der Waals surface area contributed by atoms with Gasteiger partial charge in [0.25, 0.3) is 0 Å². The Morgan fingerprint density at radius 2 is 2.33 bits per heavy atom. The molecule has 0 aromatic rings. The van der Waals surface area contributed by atoms with E-state index in [4.69, 9.17) is 16.3 Å². The Balaban J connectivity index is 3.03. The van der Waals surface area contributed by atoms with E-state index in [1.54, 1.807) is 0 Å². The smallest absolute Gasteiger partial charge is 0.230 e. The highest BCUT2D eigenvalue weighted by molar-refractivity contribution is 7.99. The van der Waals surface area contributed by atoms with Gasteiger partial charge in [0.2, 0.25) is 5.91 Å². The zero-order valence-electron chi connectivity index (χ0n) is 7.14. The Bertz CT molecular complexity index is 124. The number of hydrogen-bond acceptors (Lipinski definition) is 3. The van der Waals surface area contributed by atoms with Crippen LogP contribution >= 0.6 is 23.4 Å². The number of thioether (sulfide) groups is 1. The second-order valence-electron chi connectivity index (χ2n) is 2.08. The van der Waals surface area contributed by atoms with Crippen molar-refractivity contribution in [3.05, 3.63) is 0 Å².